The number of aromatic nitrogens is 2. The van der Waals surface area contributed by atoms with Gasteiger partial charge in [0.1, 0.15) is 5.82 Å². The predicted octanol–water partition coefficient (Wildman–Crippen LogP) is 12.1. The number of hydrogen-bond acceptors (Lipinski definition) is 2. The first-order chi connectivity index (χ1) is 32.7. The second-order valence-corrected chi connectivity index (χ2v) is 11.4. The molecular weight excluding hydrogens is 611 g/mol. The van der Waals surface area contributed by atoms with E-state index in [2.05, 4.69) is 10.3 Å². The number of nitrogens with zero attached hydrogens (tertiary/aromatic N) is 2. The Labute approximate surface area is 324 Å². The molecule has 1 amide bonds. The quantitative estimate of drug-likeness (QED) is 0.174. The second kappa shape index (κ2) is 15.9. The monoisotopic (exact) mass is 673 g/mol. The van der Waals surface area contributed by atoms with Crippen LogP contribution in [0.5, 0.6) is 0 Å². The van der Waals surface area contributed by atoms with Crippen LogP contribution >= 0.6 is 0 Å². The van der Waals surface area contributed by atoms with E-state index in [0.717, 1.165) is 5.56 Å². The van der Waals surface area contributed by atoms with Crippen LogP contribution < -0.4 is 5.32 Å². The summed E-state index contributed by atoms with van der Waals surface area (Å²) in [5.74, 6) is -1.13. The molecule has 1 N–H and O–H groups in total. The number of rotatable bonds is 8. The van der Waals surface area contributed by atoms with E-state index < -0.39 is 120 Å². The Morgan fingerprint density at radius 2 is 1.10 bits per heavy atom. The molecule has 0 unspecified atom stereocenters. The molecule has 0 atom stereocenters. The number of anilines is 1. The number of carbonyl (C=O) groups excluding carboxylic acids is 1. The molecule has 7 rings (SSSR count). The van der Waals surface area contributed by atoms with Crippen LogP contribution in [-0.4, -0.2) is 15.5 Å². The second-order valence-electron chi connectivity index (χ2n) is 11.4. The first-order valence-corrected chi connectivity index (χ1v) is 15.6. The summed E-state index contributed by atoms with van der Waals surface area (Å²) in [7, 11) is 0. The van der Waals surface area contributed by atoms with Crippen molar-refractivity contribution in [3.63, 3.8) is 0 Å². The minimum Gasteiger partial charge on any atom is -0.321 e. The maximum absolute atomic E-state index is 13.2. The zero-order valence-electron chi connectivity index (χ0n) is 47.6. The smallest absolute Gasteiger partial charge is 0.255 e. The van der Waals surface area contributed by atoms with E-state index in [4.69, 9.17) is 27.4 Å². The minimum atomic E-state index is -0.973. The van der Waals surface area contributed by atoms with Crippen molar-refractivity contribution in [1.29, 1.82) is 0 Å². The van der Waals surface area contributed by atoms with Crippen LogP contribution in [-0.2, 0) is 0 Å². The largest absolute Gasteiger partial charge is 0.321 e. The molecule has 0 aliphatic rings. The molecule has 4 nitrogen and oxygen atoms in total. The number of nitrogens with one attached hydrogen (secondary N) is 1. The molecule has 7 aromatic rings. The van der Waals surface area contributed by atoms with Crippen molar-refractivity contribution in [2.24, 2.45) is 0 Å². The third-order valence-electron chi connectivity index (χ3n) is 7.52. The molecule has 1 heterocycles. The van der Waals surface area contributed by atoms with Gasteiger partial charge < -0.3 is 5.32 Å². The van der Waals surface area contributed by atoms with E-state index in [1.165, 1.54) is 12.3 Å². The van der Waals surface area contributed by atoms with E-state index in [0.29, 0.717) is 16.8 Å². The minimum absolute atomic E-state index is 0.000730. The number of benzene rings is 6. The Morgan fingerprint density at radius 1 is 0.620 bits per heavy atom. The third kappa shape index (κ3) is 7.66. The summed E-state index contributed by atoms with van der Waals surface area (Å²) in [5.41, 5.74) is 1.63. The zero-order chi connectivity index (χ0) is 52.3. The summed E-state index contributed by atoms with van der Waals surface area (Å²) in [6.45, 7) is 7.54. The highest BCUT2D eigenvalue weighted by atomic mass is 16.1. The van der Waals surface area contributed by atoms with E-state index in [1.807, 2.05) is 33.8 Å². The van der Waals surface area contributed by atoms with Crippen molar-refractivity contribution in [3.8, 4) is 39.3 Å². The molecule has 0 spiro atoms. The lowest BCUT2D eigenvalue weighted by Crippen LogP contribution is -2.14. The van der Waals surface area contributed by atoms with Gasteiger partial charge in [-0.15, -0.1) is 0 Å². The molecular formula is C46H43N3O. The molecule has 6 aromatic carbocycles. The lowest BCUT2D eigenvalue weighted by Gasteiger charge is -2.20. The van der Waals surface area contributed by atoms with Gasteiger partial charge in [-0.3, -0.25) is 9.36 Å². The molecule has 0 bridgehead atoms. The van der Waals surface area contributed by atoms with Crippen molar-refractivity contribution in [3.05, 3.63) is 186 Å². The Morgan fingerprint density at radius 3 is 1.66 bits per heavy atom. The molecule has 0 fully saturated rings. The highest BCUT2D eigenvalue weighted by Gasteiger charge is 2.18. The van der Waals surface area contributed by atoms with E-state index >= 15 is 0 Å². The maximum atomic E-state index is 13.2. The summed E-state index contributed by atoms with van der Waals surface area (Å²) in [6.07, 6.45) is 3.00. The highest BCUT2D eigenvalue weighted by molar-refractivity contribution is 6.07. The van der Waals surface area contributed by atoms with Crippen molar-refractivity contribution in [2.45, 2.75) is 39.5 Å². The van der Waals surface area contributed by atoms with Gasteiger partial charge in [-0.25, -0.2) is 4.98 Å². The first-order valence-electron chi connectivity index (χ1n) is 25.6. The van der Waals surface area contributed by atoms with E-state index in [9.17, 15) is 4.79 Å². The lowest BCUT2D eigenvalue weighted by molar-refractivity contribution is 0.102. The van der Waals surface area contributed by atoms with Gasteiger partial charge in [0.25, 0.3) is 5.91 Å². The van der Waals surface area contributed by atoms with Crippen LogP contribution in [0.3, 0.4) is 0 Å². The summed E-state index contributed by atoms with van der Waals surface area (Å²) in [4.78, 5) is 17.5. The molecule has 1 aromatic heterocycles. The highest BCUT2D eigenvalue weighted by Crippen LogP contribution is 2.37. The third-order valence-corrected chi connectivity index (χ3v) is 7.52. The summed E-state index contributed by atoms with van der Waals surface area (Å²) in [6, 6.07) is -0.305. The maximum Gasteiger partial charge on any atom is 0.255 e. The van der Waals surface area contributed by atoms with E-state index in [1.54, 1.807) is 35.0 Å². The van der Waals surface area contributed by atoms with Gasteiger partial charge in [0, 0.05) is 34.6 Å². The van der Waals surface area contributed by atoms with Crippen LogP contribution in [0.2, 0.25) is 0 Å². The number of carbonyl (C=O) groups is 1. The molecule has 4 heteroatoms. The lowest BCUT2D eigenvalue weighted by atomic mass is 9.94. The summed E-state index contributed by atoms with van der Waals surface area (Å²) in [5, 5.41) is 2.60. The summed E-state index contributed by atoms with van der Waals surface area (Å²) >= 11 is 0. The van der Waals surface area contributed by atoms with Crippen LogP contribution in [0.15, 0.2) is 170 Å². The van der Waals surface area contributed by atoms with Gasteiger partial charge in [-0.1, -0.05) is 173 Å². The van der Waals surface area contributed by atoms with Gasteiger partial charge in [0.05, 0.1) is 38.8 Å². The van der Waals surface area contributed by atoms with Gasteiger partial charge >= 0.3 is 0 Å². The van der Waals surface area contributed by atoms with Crippen LogP contribution in [0, 0.1) is 0 Å². The molecule has 0 saturated carbocycles. The van der Waals surface area contributed by atoms with Crippen LogP contribution in [0.4, 0.5) is 5.69 Å². The first kappa shape index (κ1) is 17.1. The molecule has 0 saturated heterocycles. The van der Waals surface area contributed by atoms with Crippen LogP contribution in [0.1, 0.15) is 88.4 Å². The Kier molecular flexibility index (Phi) is 5.44. The Bertz CT molecular complexity index is 3180. The normalized spacial score (nSPS) is 16.4. The van der Waals surface area contributed by atoms with Gasteiger partial charge in [-0.05, 0) is 46.2 Å². The van der Waals surface area contributed by atoms with Crippen LogP contribution in [0.25, 0.3) is 39.3 Å². The number of imidazole rings is 1. The number of hydrogen-bond donors (Lipinski definition) is 1. The predicted molar refractivity (Wildman–Crippen MR) is 209 cm³/mol. The fourth-order valence-corrected chi connectivity index (χ4v) is 5.24. The van der Waals surface area contributed by atoms with E-state index in [-0.39, 0.29) is 57.7 Å². The Hall–Kier alpha value is -6.00. The summed E-state index contributed by atoms with van der Waals surface area (Å²) < 4.78 is 164. The number of para-hydroxylation sites is 2. The standard InChI is InChI=1S/C24H22N2.C22H21NO/c1-18(2)21-14-9-15-22(19-10-5-3-6-11-19)23(21)26-17-16-25-24(26)20-12-7-4-8-13-20;1-16(2)19-14-9-15-20(17-10-5-3-6-11-17)21(19)23-22(24)18-12-7-4-8-13-18/h3-18H,1-2H3;3-16H,1-2H3,(H,23,24)/i2*3D,4D,5D,6D,7D,8D,10D,11D,12D,13D. The van der Waals surface area contributed by atoms with Crippen molar-refractivity contribution in [2.75, 3.05) is 5.32 Å². The van der Waals surface area contributed by atoms with Crippen molar-refractivity contribution < 1.29 is 32.2 Å². The molecule has 0 aliphatic heterocycles. The SMILES string of the molecule is [2H]c1c([2H])c([2H])c(-c2cccc(C(C)C)c2-n2ccnc2-c2c([2H])c([2H])c([2H])c([2H])c2[2H])c([2H])c1[2H].[2H]c1c([2H])c([2H])c(C(=O)Nc2c(-c3c([2H])c([2H])c([2H])c([2H])c3[2H])cccc2C(C)C)c([2H])c1[2H]. The molecule has 248 valence electrons. The van der Waals surface area contributed by atoms with Gasteiger partial charge in [-0.2, -0.15) is 0 Å². The van der Waals surface area contributed by atoms with Gasteiger partial charge in [0.2, 0.25) is 0 Å². The van der Waals surface area contributed by atoms with Gasteiger partial charge in [0.15, 0.2) is 0 Å². The van der Waals surface area contributed by atoms with Crippen molar-refractivity contribution in [1.82, 2.24) is 9.55 Å². The number of amides is 1. The fraction of sp³-hybridized carbons (Fsp3) is 0.130. The van der Waals surface area contributed by atoms with Crippen molar-refractivity contribution >= 4 is 11.6 Å². The fourth-order valence-electron chi connectivity index (χ4n) is 5.24. The molecule has 50 heavy (non-hydrogen) atoms. The molecule has 0 aliphatic carbocycles. The average Bonchev–Trinajstić information content (AvgIpc) is 3.80. The average molecular weight is 674 g/mol. The topological polar surface area (TPSA) is 46.9 Å². The zero-order valence-corrected chi connectivity index (χ0v) is 27.6. The Balaban J connectivity index is 0.000000230. The molecule has 0 radical (unpaired) electrons.